The molecule has 2 N–H and O–H groups in total. The number of hydrogen-bond donors (Lipinski definition) is 2. The maximum Gasteiger partial charge on any atom is 0.315 e. The third-order valence-electron chi connectivity index (χ3n) is 4.74. The topological polar surface area (TPSA) is 70.7 Å². The van der Waals surface area contributed by atoms with Crippen LogP contribution in [0.5, 0.6) is 5.75 Å². The third-order valence-corrected chi connectivity index (χ3v) is 4.74. The highest BCUT2D eigenvalue weighted by molar-refractivity contribution is 5.79. The van der Waals surface area contributed by atoms with E-state index in [4.69, 9.17) is 4.74 Å². The van der Waals surface area contributed by atoms with Gasteiger partial charge in [-0.2, -0.15) is 0 Å². The van der Waals surface area contributed by atoms with Gasteiger partial charge in [-0.15, -0.1) is 0 Å². The van der Waals surface area contributed by atoms with Crippen LogP contribution in [0.3, 0.4) is 0 Å². The average Bonchev–Trinajstić information content (AvgIpc) is 3.06. The van der Waals surface area contributed by atoms with E-state index in [1.54, 1.807) is 24.1 Å². The summed E-state index contributed by atoms with van der Waals surface area (Å²) < 4.78 is 18.1. The first-order chi connectivity index (χ1) is 13.5. The summed E-state index contributed by atoms with van der Waals surface area (Å²) in [6.07, 6.45) is 0.403. The molecule has 1 atom stereocenters. The zero-order valence-electron chi connectivity index (χ0n) is 15.8. The highest BCUT2D eigenvalue weighted by Crippen LogP contribution is 2.20. The van der Waals surface area contributed by atoms with Crippen LogP contribution in [0.15, 0.2) is 48.5 Å². The van der Waals surface area contributed by atoms with Crippen LogP contribution in [0, 0.1) is 11.7 Å². The zero-order valence-corrected chi connectivity index (χ0v) is 15.8. The van der Waals surface area contributed by atoms with Crippen LogP contribution < -0.4 is 15.4 Å². The summed E-state index contributed by atoms with van der Waals surface area (Å²) in [7, 11) is 1.61. The number of urea groups is 1. The number of hydrogen-bond acceptors (Lipinski definition) is 3. The Morgan fingerprint density at radius 1 is 1.11 bits per heavy atom. The van der Waals surface area contributed by atoms with Gasteiger partial charge >= 0.3 is 6.03 Å². The minimum Gasteiger partial charge on any atom is -0.497 e. The second-order valence-electron chi connectivity index (χ2n) is 6.88. The first kappa shape index (κ1) is 19.7. The van der Waals surface area contributed by atoms with Gasteiger partial charge in [-0.25, -0.2) is 9.18 Å². The van der Waals surface area contributed by atoms with Gasteiger partial charge in [0.05, 0.1) is 7.11 Å². The molecule has 3 amide bonds. The van der Waals surface area contributed by atoms with Gasteiger partial charge in [0.25, 0.3) is 0 Å². The molecule has 1 fully saturated rings. The van der Waals surface area contributed by atoms with Crippen molar-refractivity contribution in [1.29, 1.82) is 0 Å². The molecule has 2 aromatic carbocycles. The lowest BCUT2D eigenvalue weighted by Gasteiger charge is -2.17. The molecule has 7 heteroatoms. The maximum absolute atomic E-state index is 13.0. The van der Waals surface area contributed by atoms with Gasteiger partial charge < -0.3 is 20.3 Å². The fourth-order valence-corrected chi connectivity index (χ4v) is 3.18. The van der Waals surface area contributed by atoms with E-state index >= 15 is 0 Å². The summed E-state index contributed by atoms with van der Waals surface area (Å²) in [5.41, 5.74) is 1.86. The lowest BCUT2D eigenvalue weighted by molar-refractivity contribution is -0.128. The molecule has 28 heavy (non-hydrogen) atoms. The molecule has 0 aromatic heterocycles. The SMILES string of the molecule is COc1ccc(CNC(=O)NCC2CC(=O)N(Cc3ccc(F)cc3)C2)cc1. The van der Waals surface area contributed by atoms with E-state index in [2.05, 4.69) is 10.6 Å². The Labute approximate surface area is 163 Å². The van der Waals surface area contributed by atoms with Crippen molar-refractivity contribution in [3.8, 4) is 5.75 Å². The fraction of sp³-hybridized carbons (Fsp3) is 0.333. The van der Waals surface area contributed by atoms with Crippen molar-refractivity contribution in [2.24, 2.45) is 5.92 Å². The van der Waals surface area contributed by atoms with Crippen molar-refractivity contribution in [3.05, 3.63) is 65.5 Å². The van der Waals surface area contributed by atoms with Crippen molar-refractivity contribution in [3.63, 3.8) is 0 Å². The van der Waals surface area contributed by atoms with Crippen LogP contribution in [0.2, 0.25) is 0 Å². The summed E-state index contributed by atoms with van der Waals surface area (Å²) in [6, 6.07) is 13.3. The van der Waals surface area contributed by atoms with E-state index in [-0.39, 0.29) is 23.7 Å². The van der Waals surface area contributed by atoms with E-state index in [9.17, 15) is 14.0 Å². The second-order valence-corrected chi connectivity index (χ2v) is 6.88. The quantitative estimate of drug-likeness (QED) is 0.770. The summed E-state index contributed by atoms with van der Waals surface area (Å²) in [6.45, 7) is 1.88. The molecule has 148 valence electrons. The monoisotopic (exact) mass is 385 g/mol. The van der Waals surface area contributed by atoms with Gasteiger partial charge in [-0.1, -0.05) is 24.3 Å². The number of nitrogens with zero attached hydrogens (tertiary/aromatic N) is 1. The Kier molecular flexibility index (Phi) is 6.47. The summed E-state index contributed by atoms with van der Waals surface area (Å²) in [5, 5.41) is 5.63. The van der Waals surface area contributed by atoms with Gasteiger partial charge in [0.2, 0.25) is 5.91 Å². The average molecular weight is 385 g/mol. The minimum absolute atomic E-state index is 0.0507. The molecular formula is C21H24FN3O3. The number of benzene rings is 2. The van der Waals surface area contributed by atoms with Crippen molar-refractivity contribution in [2.45, 2.75) is 19.5 Å². The van der Waals surface area contributed by atoms with Crippen LogP contribution >= 0.6 is 0 Å². The van der Waals surface area contributed by atoms with Crippen molar-refractivity contribution in [1.82, 2.24) is 15.5 Å². The van der Waals surface area contributed by atoms with Gasteiger partial charge in [-0.05, 0) is 35.4 Å². The van der Waals surface area contributed by atoms with Gasteiger partial charge in [-0.3, -0.25) is 4.79 Å². The van der Waals surface area contributed by atoms with Crippen LogP contribution in [-0.4, -0.2) is 37.0 Å². The molecule has 2 aromatic rings. The maximum atomic E-state index is 13.0. The van der Waals surface area contributed by atoms with E-state index in [0.29, 0.717) is 32.6 Å². The lowest BCUT2D eigenvalue weighted by Crippen LogP contribution is -2.38. The summed E-state index contributed by atoms with van der Waals surface area (Å²) in [5.74, 6) is 0.595. The second kappa shape index (κ2) is 9.21. The van der Waals surface area contributed by atoms with Gasteiger partial charge in [0.15, 0.2) is 0 Å². The molecule has 1 aliphatic rings. The third kappa shape index (κ3) is 5.45. The predicted octanol–water partition coefficient (Wildman–Crippen LogP) is 2.68. The van der Waals surface area contributed by atoms with Gasteiger partial charge in [0.1, 0.15) is 11.6 Å². The molecule has 0 radical (unpaired) electrons. The molecule has 1 aliphatic heterocycles. The first-order valence-corrected chi connectivity index (χ1v) is 9.20. The molecule has 1 unspecified atom stereocenters. The van der Waals surface area contributed by atoms with Crippen molar-refractivity contribution in [2.75, 3.05) is 20.2 Å². The van der Waals surface area contributed by atoms with Crippen LogP contribution in [0.1, 0.15) is 17.5 Å². The highest BCUT2D eigenvalue weighted by Gasteiger charge is 2.29. The largest absolute Gasteiger partial charge is 0.497 e. The van der Waals surface area contributed by atoms with Crippen LogP contribution in [0.25, 0.3) is 0 Å². The molecule has 0 spiro atoms. The van der Waals surface area contributed by atoms with Crippen molar-refractivity contribution < 1.29 is 18.7 Å². The summed E-state index contributed by atoms with van der Waals surface area (Å²) in [4.78, 5) is 25.9. The number of amides is 3. The molecule has 0 aliphatic carbocycles. The number of rotatable bonds is 7. The number of ether oxygens (including phenoxy) is 1. The zero-order chi connectivity index (χ0) is 19.9. The van der Waals surface area contributed by atoms with Gasteiger partial charge in [0, 0.05) is 38.5 Å². The fourth-order valence-electron chi connectivity index (χ4n) is 3.18. The van der Waals surface area contributed by atoms with E-state index < -0.39 is 0 Å². The van der Waals surface area contributed by atoms with E-state index in [1.165, 1.54) is 12.1 Å². The Morgan fingerprint density at radius 2 is 1.79 bits per heavy atom. The molecule has 0 saturated carbocycles. The normalized spacial score (nSPS) is 16.1. The minimum atomic E-state index is -0.292. The lowest BCUT2D eigenvalue weighted by atomic mass is 10.1. The first-order valence-electron chi connectivity index (χ1n) is 9.20. The number of carbonyl (C=O) groups excluding carboxylic acids is 2. The Bertz CT molecular complexity index is 809. The number of halogens is 1. The van der Waals surface area contributed by atoms with E-state index in [1.807, 2.05) is 24.3 Å². The predicted molar refractivity (Wildman–Crippen MR) is 103 cm³/mol. The van der Waals surface area contributed by atoms with Crippen LogP contribution in [0.4, 0.5) is 9.18 Å². The Hall–Kier alpha value is -3.09. The Balaban J connectivity index is 1.40. The number of carbonyl (C=O) groups is 2. The standard InChI is InChI=1S/C21H24FN3O3/c1-28-19-8-4-15(5-9-19)11-23-21(27)24-12-17-10-20(26)25(14-17)13-16-2-6-18(22)7-3-16/h2-9,17H,10-14H2,1H3,(H2,23,24,27). The molecule has 1 heterocycles. The Morgan fingerprint density at radius 3 is 2.46 bits per heavy atom. The molecule has 0 bridgehead atoms. The molecule has 1 saturated heterocycles. The summed E-state index contributed by atoms with van der Waals surface area (Å²) >= 11 is 0. The van der Waals surface area contributed by atoms with Crippen molar-refractivity contribution >= 4 is 11.9 Å². The molecule has 3 rings (SSSR count). The highest BCUT2D eigenvalue weighted by atomic mass is 19.1. The molecule has 6 nitrogen and oxygen atoms in total. The van der Waals surface area contributed by atoms with E-state index in [0.717, 1.165) is 16.9 Å². The number of nitrogens with one attached hydrogen (secondary N) is 2. The number of likely N-dealkylation sites (tertiary alicyclic amines) is 1. The number of methoxy groups -OCH3 is 1. The smallest absolute Gasteiger partial charge is 0.315 e. The van der Waals surface area contributed by atoms with Crippen LogP contribution in [-0.2, 0) is 17.9 Å². The molecular weight excluding hydrogens is 361 g/mol.